The van der Waals surface area contributed by atoms with Crippen LogP contribution in [0.3, 0.4) is 0 Å². The van der Waals surface area contributed by atoms with E-state index in [2.05, 4.69) is 5.32 Å². The van der Waals surface area contributed by atoms with Gasteiger partial charge in [0.15, 0.2) is 18.2 Å². The van der Waals surface area contributed by atoms with E-state index >= 15 is 0 Å². The Labute approximate surface area is 137 Å². The molecule has 4 nitrogen and oxygen atoms in total. The van der Waals surface area contributed by atoms with Crippen LogP contribution in [0.4, 0.5) is 14.5 Å². The van der Waals surface area contributed by atoms with Crippen LogP contribution in [0.5, 0.6) is 0 Å². The molecule has 6 heteroatoms. The number of carbonyl (C=O) groups is 2. The third-order valence-corrected chi connectivity index (χ3v) is 4.00. The van der Waals surface area contributed by atoms with Gasteiger partial charge in [-0.05, 0) is 30.5 Å². The highest BCUT2D eigenvalue weighted by atomic mass is 19.2. The maximum Gasteiger partial charge on any atom is 0.317 e. The highest BCUT2D eigenvalue weighted by molar-refractivity contribution is 5.94. The van der Waals surface area contributed by atoms with Crippen molar-refractivity contribution in [3.8, 4) is 0 Å². The first kappa shape index (κ1) is 16.1. The van der Waals surface area contributed by atoms with Crippen molar-refractivity contribution in [2.75, 3.05) is 11.9 Å². The van der Waals surface area contributed by atoms with Crippen LogP contribution < -0.4 is 5.32 Å². The minimum Gasteiger partial charge on any atom is -0.455 e. The molecule has 0 aromatic heterocycles. The van der Waals surface area contributed by atoms with Gasteiger partial charge >= 0.3 is 5.97 Å². The van der Waals surface area contributed by atoms with E-state index in [1.54, 1.807) is 0 Å². The molecule has 1 saturated carbocycles. The number of carbonyl (C=O) groups excluding carboxylic acids is 2. The summed E-state index contributed by atoms with van der Waals surface area (Å²) >= 11 is 0. The molecule has 3 rings (SSSR count). The monoisotopic (exact) mass is 331 g/mol. The van der Waals surface area contributed by atoms with Crippen molar-refractivity contribution < 1.29 is 23.1 Å². The number of rotatable bonds is 5. The molecule has 1 aliphatic rings. The Morgan fingerprint density at radius 2 is 1.75 bits per heavy atom. The van der Waals surface area contributed by atoms with Gasteiger partial charge in [0.25, 0.3) is 5.91 Å². The van der Waals surface area contributed by atoms with E-state index in [-0.39, 0.29) is 5.69 Å². The third kappa shape index (κ3) is 3.27. The summed E-state index contributed by atoms with van der Waals surface area (Å²) in [6.07, 6.45) is 1.36. The summed E-state index contributed by atoms with van der Waals surface area (Å²) in [6, 6.07) is 12.3. The van der Waals surface area contributed by atoms with Crippen molar-refractivity contribution in [3.63, 3.8) is 0 Å². The minimum atomic E-state index is -1.06. The van der Waals surface area contributed by atoms with Crippen LogP contribution in [-0.4, -0.2) is 18.5 Å². The number of esters is 1. The van der Waals surface area contributed by atoms with E-state index in [1.807, 2.05) is 30.3 Å². The molecule has 1 aliphatic carbocycles. The Bertz CT molecular complexity index is 773. The molecule has 0 atom stereocenters. The van der Waals surface area contributed by atoms with Gasteiger partial charge in [0, 0.05) is 11.8 Å². The van der Waals surface area contributed by atoms with Crippen molar-refractivity contribution in [1.29, 1.82) is 0 Å². The molecule has 0 radical (unpaired) electrons. The fourth-order valence-corrected chi connectivity index (χ4v) is 2.53. The van der Waals surface area contributed by atoms with Crippen LogP contribution in [0.1, 0.15) is 18.4 Å². The van der Waals surface area contributed by atoms with E-state index < -0.39 is 35.5 Å². The predicted molar refractivity (Wildman–Crippen MR) is 83.3 cm³/mol. The van der Waals surface area contributed by atoms with Crippen molar-refractivity contribution in [3.05, 3.63) is 65.7 Å². The zero-order valence-electron chi connectivity index (χ0n) is 12.7. The van der Waals surface area contributed by atoms with Crippen LogP contribution in [0, 0.1) is 11.6 Å². The summed E-state index contributed by atoms with van der Waals surface area (Å²) in [4.78, 5) is 24.1. The molecule has 2 aromatic carbocycles. The van der Waals surface area contributed by atoms with E-state index in [4.69, 9.17) is 4.74 Å². The number of halogens is 2. The number of amides is 1. The number of ether oxygens (including phenoxy) is 1. The number of hydrogen-bond acceptors (Lipinski definition) is 3. The van der Waals surface area contributed by atoms with Crippen molar-refractivity contribution in [1.82, 2.24) is 0 Å². The zero-order chi connectivity index (χ0) is 17.2. The molecule has 0 unspecified atom stereocenters. The lowest BCUT2D eigenvalue weighted by Gasteiger charge is -2.14. The second kappa shape index (κ2) is 6.39. The lowest BCUT2D eigenvalue weighted by atomic mass is 9.96. The Hall–Kier alpha value is -2.76. The standard InChI is InChI=1S/C18H15F2NO3/c19-14-7-6-13(10-15(14)20)21-16(22)11-24-17(23)18(8-9-18)12-4-2-1-3-5-12/h1-7,10H,8-9,11H2,(H,21,22). The van der Waals surface area contributed by atoms with Crippen LogP contribution >= 0.6 is 0 Å². The molecule has 0 aliphatic heterocycles. The summed E-state index contributed by atoms with van der Waals surface area (Å²) in [6.45, 7) is -0.480. The van der Waals surface area contributed by atoms with Gasteiger partial charge < -0.3 is 10.1 Å². The number of anilines is 1. The van der Waals surface area contributed by atoms with E-state index in [0.29, 0.717) is 12.8 Å². The van der Waals surface area contributed by atoms with Gasteiger partial charge in [-0.2, -0.15) is 0 Å². The Kier molecular flexibility index (Phi) is 4.29. The molecule has 2 aromatic rings. The van der Waals surface area contributed by atoms with Gasteiger partial charge in [0.2, 0.25) is 0 Å². The van der Waals surface area contributed by atoms with E-state index in [1.165, 1.54) is 6.07 Å². The van der Waals surface area contributed by atoms with Gasteiger partial charge in [0.05, 0.1) is 5.41 Å². The molecule has 0 heterocycles. The molecule has 1 fully saturated rings. The fraction of sp³-hybridized carbons (Fsp3) is 0.222. The van der Waals surface area contributed by atoms with Crippen molar-refractivity contribution >= 4 is 17.6 Å². The topological polar surface area (TPSA) is 55.4 Å². The zero-order valence-corrected chi connectivity index (χ0v) is 12.7. The molecule has 0 spiro atoms. The summed E-state index contributed by atoms with van der Waals surface area (Å²) in [5.74, 6) is -3.13. The average molecular weight is 331 g/mol. The smallest absolute Gasteiger partial charge is 0.317 e. The molecular formula is C18H15F2NO3. The van der Waals surface area contributed by atoms with Crippen molar-refractivity contribution in [2.24, 2.45) is 0 Å². The normalized spacial score (nSPS) is 14.8. The number of nitrogens with one attached hydrogen (secondary N) is 1. The summed E-state index contributed by atoms with van der Waals surface area (Å²) in [5.41, 5.74) is 0.305. The highest BCUT2D eigenvalue weighted by Gasteiger charge is 2.52. The number of benzene rings is 2. The highest BCUT2D eigenvalue weighted by Crippen LogP contribution is 2.49. The first-order valence-electron chi connectivity index (χ1n) is 7.49. The number of hydrogen-bond donors (Lipinski definition) is 1. The minimum absolute atomic E-state index is 0.0964. The molecule has 0 bridgehead atoms. The third-order valence-electron chi connectivity index (χ3n) is 4.00. The van der Waals surface area contributed by atoms with Crippen LogP contribution in [0.15, 0.2) is 48.5 Å². The average Bonchev–Trinajstić information content (AvgIpc) is 3.39. The van der Waals surface area contributed by atoms with Gasteiger partial charge in [-0.3, -0.25) is 9.59 Å². The quantitative estimate of drug-likeness (QED) is 0.856. The Morgan fingerprint density at radius 3 is 2.38 bits per heavy atom. The van der Waals surface area contributed by atoms with Gasteiger partial charge in [-0.15, -0.1) is 0 Å². The molecule has 1 amide bonds. The summed E-state index contributed by atoms with van der Waals surface area (Å²) in [5, 5.41) is 2.35. The molecule has 0 saturated heterocycles. The molecule has 1 N–H and O–H groups in total. The Morgan fingerprint density at radius 1 is 1.04 bits per heavy atom. The first-order chi connectivity index (χ1) is 11.5. The second-order valence-corrected chi connectivity index (χ2v) is 5.70. The predicted octanol–water partition coefficient (Wildman–Crippen LogP) is 3.18. The van der Waals surface area contributed by atoms with Crippen molar-refractivity contribution in [2.45, 2.75) is 18.3 Å². The molecular weight excluding hydrogens is 316 g/mol. The SMILES string of the molecule is O=C(COC(=O)C1(c2ccccc2)CC1)Nc1ccc(F)c(F)c1. The van der Waals surface area contributed by atoms with Gasteiger partial charge in [0.1, 0.15) is 0 Å². The second-order valence-electron chi connectivity index (χ2n) is 5.70. The maximum absolute atomic E-state index is 13.1. The first-order valence-corrected chi connectivity index (χ1v) is 7.49. The fourth-order valence-electron chi connectivity index (χ4n) is 2.53. The van der Waals surface area contributed by atoms with E-state index in [9.17, 15) is 18.4 Å². The lowest BCUT2D eigenvalue weighted by molar-refractivity contribution is -0.150. The largest absolute Gasteiger partial charge is 0.455 e. The van der Waals surface area contributed by atoms with Gasteiger partial charge in [-0.1, -0.05) is 30.3 Å². The summed E-state index contributed by atoms with van der Waals surface area (Å²) in [7, 11) is 0. The lowest BCUT2D eigenvalue weighted by Crippen LogP contribution is -2.28. The summed E-state index contributed by atoms with van der Waals surface area (Å²) < 4.78 is 31.0. The van der Waals surface area contributed by atoms with Crippen LogP contribution in [-0.2, 0) is 19.7 Å². The van der Waals surface area contributed by atoms with Crippen LogP contribution in [0.2, 0.25) is 0 Å². The van der Waals surface area contributed by atoms with E-state index in [0.717, 1.165) is 17.7 Å². The Balaban J connectivity index is 1.56. The molecule has 124 valence electrons. The van der Waals surface area contributed by atoms with Gasteiger partial charge in [-0.25, -0.2) is 8.78 Å². The van der Waals surface area contributed by atoms with Crippen LogP contribution in [0.25, 0.3) is 0 Å². The maximum atomic E-state index is 13.1. The molecule has 24 heavy (non-hydrogen) atoms.